The molecule has 5 atom stereocenters. The molecule has 2 aromatic carbocycles. The predicted molar refractivity (Wildman–Crippen MR) is 588 cm³/mol. The van der Waals surface area contributed by atoms with Crippen LogP contribution in [-0.4, -0.2) is 174 Å². The van der Waals surface area contributed by atoms with Gasteiger partial charge in [0, 0.05) is 185 Å². The summed E-state index contributed by atoms with van der Waals surface area (Å²) in [4.78, 5) is 94.2. The van der Waals surface area contributed by atoms with Crippen molar-refractivity contribution < 1.29 is 40.5 Å². The molecule has 17 heterocycles. The van der Waals surface area contributed by atoms with E-state index in [4.69, 9.17) is 53.6 Å². The van der Waals surface area contributed by atoms with Crippen LogP contribution in [0.25, 0.3) is 149 Å². The first-order valence-corrected chi connectivity index (χ1v) is 58.9. The van der Waals surface area contributed by atoms with Crippen LogP contribution in [0.3, 0.4) is 0 Å². The van der Waals surface area contributed by atoms with E-state index in [9.17, 15) is 40.5 Å². The number of nitrogen functional groups attached to an aromatic ring is 5. The van der Waals surface area contributed by atoms with Crippen molar-refractivity contribution in [1.29, 1.82) is 0 Å². The first kappa shape index (κ1) is 103. The van der Waals surface area contributed by atoms with Gasteiger partial charge in [-0.3, -0.25) is 30.6 Å². The molecule has 17 aromatic heterocycles. The van der Waals surface area contributed by atoms with Gasteiger partial charge in [-0.15, -0.1) is 113 Å². The molecule has 29 nitrogen and oxygen atoms in total. The van der Waals surface area contributed by atoms with E-state index in [0.717, 1.165) is 174 Å². The highest BCUT2D eigenvalue weighted by molar-refractivity contribution is 7.89. The van der Waals surface area contributed by atoms with E-state index in [1.807, 2.05) is 144 Å². The van der Waals surface area contributed by atoms with Crippen LogP contribution in [0, 0.1) is 0 Å². The molecule has 0 saturated carbocycles. The number of unbranched alkanes of at least 4 members (excludes halogenated alkanes) is 3. The van der Waals surface area contributed by atoms with Gasteiger partial charge in [0.1, 0.15) is 99.7 Å². The number of nitrogens with zero attached hydrogens (tertiary/aromatic N) is 15. The number of carboxylic acids is 1. The Morgan fingerprint density at radius 1 is 0.386 bits per heavy atom. The number of imidazole rings is 2. The van der Waals surface area contributed by atoms with Gasteiger partial charge in [-0.05, 0) is 114 Å². The van der Waals surface area contributed by atoms with Gasteiger partial charge in [-0.1, -0.05) is 91.1 Å². The molecule has 0 radical (unpaired) electrons. The molecule has 0 spiro atoms. The van der Waals surface area contributed by atoms with E-state index >= 15 is 0 Å². The van der Waals surface area contributed by atoms with Crippen molar-refractivity contribution >= 4 is 265 Å². The molecule has 19 aromatic rings. The summed E-state index contributed by atoms with van der Waals surface area (Å²) in [6.07, 6.45) is 20.6. The quantitative estimate of drug-likeness (QED) is 0.0253. The van der Waals surface area contributed by atoms with Gasteiger partial charge in [0.25, 0.3) is 11.8 Å². The monoisotopic (exact) mass is 2150 g/mol. The number of benzene rings is 2. The summed E-state index contributed by atoms with van der Waals surface area (Å²) in [6, 6.07) is 27.7. The fourth-order valence-corrected chi connectivity index (χ4v) is 31.4. The average molecular weight is 2160 g/mol. The molecule has 0 bridgehead atoms. The summed E-state index contributed by atoms with van der Waals surface area (Å²) >= 11 is 14.5. The summed E-state index contributed by atoms with van der Waals surface area (Å²) < 4.78 is 70.8. The SMILES string of the molecule is CC(C)S(=O)c1sc2nc(-c3nccs3)cc(-c3nccn3C)c2c1N.CCCCS(=O)c1sc2nc(-c3cccs3)cc(C(=O)N(C)C)c2c1N.CCCCS(=O)c1sc2nc(-c3nccs3)cc(-c3ccc(C(=O)N(C)C)cc3)c2c1N.CCCCS(=O)c1sc2nc(-c3nccs3)cc(-c3ccc(C(=O)O)cc3)c2c1N.CCCS(=O)c1sc2nc(-c3nccs3)cc(-c3nccn3C)c2c1N. The highest BCUT2D eigenvalue weighted by Gasteiger charge is 2.31. The number of nitrogens with two attached hydrogens (primary N) is 5. The van der Waals surface area contributed by atoms with E-state index in [-0.39, 0.29) is 22.6 Å². The van der Waals surface area contributed by atoms with Gasteiger partial charge in [0.05, 0.1) is 104 Å². The Kier molecular flexibility index (Phi) is 34.1. The van der Waals surface area contributed by atoms with Crippen LogP contribution in [0.5, 0.6) is 0 Å². The van der Waals surface area contributed by atoms with Crippen molar-refractivity contribution in [2.24, 2.45) is 14.1 Å². The van der Waals surface area contributed by atoms with Crippen molar-refractivity contribution in [3.05, 3.63) is 184 Å². The van der Waals surface area contributed by atoms with Crippen LogP contribution in [0.2, 0.25) is 0 Å². The van der Waals surface area contributed by atoms with Crippen LogP contribution < -0.4 is 28.7 Å². The Morgan fingerprint density at radius 3 is 1.04 bits per heavy atom. The lowest BCUT2D eigenvalue weighted by Crippen LogP contribution is -2.22. The van der Waals surface area contributed by atoms with E-state index in [0.29, 0.717) is 104 Å². The zero-order chi connectivity index (χ0) is 99.6. The third kappa shape index (κ3) is 22.5. The Morgan fingerprint density at radius 2 is 0.721 bits per heavy atom. The number of aromatic nitrogens is 13. The number of carboxylic acid groups (broad SMARTS) is 1. The normalized spacial score (nSPS) is 12.5. The smallest absolute Gasteiger partial charge is 0.335 e. The second kappa shape index (κ2) is 46.2. The number of carbonyl (C=O) groups excluding carboxylic acids is 2. The molecule has 140 heavy (non-hydrogen) atoms. The average Bonchev–Trinajstić information content (AvgIpc) is 1.62. The minimum Gasteiger partial charge on any atom is -0.478 e. The zero-order valence-electron chi connectivity index (χ0n) is 78.0. The molecule has 2 amide bonds. The third-order valence-electron chi connectivity index (χ3n) is 21.6. The minimum atomic E-state index is -1.18. The number of carbonyl (C=O) groups is 3. The molecule has 11 N–H and O–H groups in total. The number of pyridine rings is 5. The van der Waals surface area contributed by atoms with Crippen molar-refractivity contribution in [3.8, 4) is 98.4 Å². The maximum absolute atomic E-state index is 12.9. The topological polar surface area (TPSA) is 445 Å². The molecular weight excluding hydrogens is 2060 g/mol. The number of fused-ring (bicyclic) bond motifs is 5. The number of hydrogen-bond acceptors (Lipinski definition) is 34. The van der Waals surface area contributed by atoms with Gasteiger partial charge in [0.15, 0.2) is 0 Å². The van der Waals surface area contributed by atoms with Crippen molar-refractivity contribution in [3.63, 3.8) is 0 Å². The molecule has 5 unspecified atom stereocenters. The lowest BCUT2D eigenvalue weighted by atomic mass is 10.0. The molecule has 0 fully saturated rings. The van der Waals surface area contributed by atoms with E-state index in [2.05, 4.69) is 50.7 Å². The summed E-state index contributed by atoms with van der Waals surface area (Å²) in [6.45, 7) is 12.1. The Balaban J connectivity index is 0.000000133. The fraction of sp³-hybridized carbons (Fsp3) is 0.250. The van der Waals surface area contributed by atoms with Crippen molar-refractivity contribution in [1.82, 2.24) is 73.8 Å². The molecule has 0 aliphatic rings. The number of aromatic carboxylic acids is 1. The molecule has 0 saturated heterocycles. The van der Waals surface area contributed by atoms with Gasteiger partial charge < -0.3 is 52.7 Å². The number of hydrogen-bond donors (Lipinski definition) is 6. The van der Waals surface area contributed by atoms with E-state index in [1.54, 1.807) is 112 Å². The Hall–Kier alpha value is -11.2. The van der Waals surface area contributed by atoms with Crippen molar-refractivity contribution in [2.45, 2.75) is 113 Å². The van der Waals surface area contributed by atoms with E-state index < -0.39 is 60.0 Å². The lowest BCUT2D eigenvalue weighted by Gasteiger charge is -2.12. The molecule has 19 rings (SSSR count). The van der Waals surface area contributed by atoms with Crippen LogP contribution in [0.4, 0.5) is 28.4 Å². The van der Waals surface area contributed by atoms with Crippen LogP contribution in [0.15, 0.2) is 189 Å². The maximum atomic E-state index is 12.9. The summed E-state index contributed by atoms with van der Waals surface area (Å²) in [5.41, 5.74) is 45.0. The number of anilines is 5. The van der Waals surface area contributed by atoms with Gasteiger partial charge in [0.2, 0.25) is 0 Å². The van der Waals surface area contributed by atoms with Gasteiger partial charge in [-0.25, -0.2) is 59.6 Å². The molecular formula is C96H98N20O9S15. The number of thiazole rings is 4. The van der Waals surface area contributed by atoms with Crippen LogP contribution in [0.1, 0.15) is 118 Å². The third-order valence-corrected chi connectivity index (χ3v) is 40.9. The summed E-state index contributed by atoms with van der Waals surface area (Å²) in [5.74, 6) is 2.74. The number of thiophene rings is 6. The Bertz CT molecular complexity index is 7790. The number of aryl methyl sites for hydroxylation is 2. The second-order valence-corrected chi connectivity index (χ2v) is 51.0. The number of rotatable bonds is 29. The van der Waals surface area contributed by atoms with Crippen molar-refractivity contribution in [2.75, 3.05) is 79.9 Å². The molecule has 726 valence electrons. The zero-order valence-corrected chi connectivity index (χ0v) is 90.2. The van der Waals surface area contributed by atoms with E-state index in [1.165, 1.54) is 107 Å². The summed E-state index contributed by atoms with van der Waals surface area (Å²) in [7, 11) is 4.96. The predicted octanol–water partition coefficient (Wildman–Crippen LogP) is 22.6. The van der Waals surface area contributed by atoms with Crippen LogP contribution >= 0.6 is 113 Å². The van der Waals surface area contributed by atoms with Gasteiger partial charge >= 0.3 is 5.97 Å². The number of amides is 2. The second-order valence-electron chi connectivity index (χ2n) is 32.2. The maximum Gasteiger partial charge on any atom is 0.335 e. The largest absolute Gasteiger partial charge is 0.478 e. The molecule has 0 aliphatic heterocycles. The standard InChI is InChI=1S/C23H24N4O2S3.C21H19N3O3S3.C18H21N3O2S3.2C17H17N5OS3/c1-4-5-12-32(29)23-19(24)18-16(14-6-8-15(9-7-14)22(28)27(2)3)13-17(26-21(18)31-23)20-25-10-11-30-20;1-2-3-10-30(27)21-17(22)16-14(12-4-6-13(7-5-12)20(25)26)11-15(24-19(16)29-21)18-23-8-9-28-18;1-4-5-9-26(23)18-15(19)14-11(17(22)21(2)3)10-12(20-16(14)25-18)13-7-6-8-24-13;1-9(2)26(23)17-13(18)12-10(14-19-4-6-22(14)3)8-11(21-16(12)25-17)15-20-5-7-24-15;1-3-8-26(23)17-13(18)12-10(14-19-4-6-22(14)2)9-11(21-16(12)25-17)15-20-5-7-24-15/h6-11,13H,4-5,12,24H2,1-3H3;4-9,11H,2-3,10,22H2,1H3,(H,25,26);6-8,10H,4-5,9,19H2,1-3H3;4-9H,18H2,1-3H3;4-7,9H,3,8,18H2,1-2H3. The fourth-order valence-electron chi connectivity index (χ4n) is 14.6. The lowest BCUT2D eigenvalue weighted by molar-refractivity contribution is 0.0695. The highest BCUT2D eigenvalue weighted by atomic mass is 32.2. The Labute approximate surface area is 859 Å². The first-order chi connectivity index (χ1) is 67.4. The molecule has 0 aliphatic carbocycles. The summed E-state index contributed by atoms with van der Waals surface area (Å²) in [5, 5.41) is 25.9. The first-order valence-electron chi connectivity index (χ1n) is 44.0. The molecule has 44 heteroatoms. The van der Waals surface area contributed by atoms with Crippen LogP contribution in [-0.2, 0) is 68.1 Å². The minimum absolute atomic E-state index is 0.0135. The highest BCUT2D eigenvalue weighted by Crippen LogP contribution is 2.49. The van der Waals surface area contributed by atoms with Gasteiger partial charge in [-0.2, -0.15) is 0 Å².